The largest absolute Gasteiger partial charge is 0.369 e. The molecular formula is C22H24N4O3. The molecule has 0 aliphatic rings. The van der Waals surface area contributed by atoms with E-state index in [0.29, 0.717) is 23.0 Å². The lowest BCUT2D eigenvalue weighted by molar-refractivity contribution is -0.117. The van der Waals surface area contributed by atoms with Crippen LogP contribution in [0.15, 0.2) is 53.3 Å². The number of carbonyl (C=O) groups excluding carboxylic acids is 2. The number of unbranched alkanes of at least 4 members (excludes halogenated alkanes) is 2. The number of amides is 2. The summed E-state index contributed by atoms with van der Waals surface area (Å²) < 4.78 is 1.38. The zero-order chi connectivity index (χ0) is 20.8. The fourth-order valence-corrected chi connectivity index (χ4v) is 3.16. The van der Waals surface area contributed by atoms with Gasteiger partial charge in [-0.25, -0.2) is 4.68 Å². The molecule has 1 heterocycles. The second-order valence-corrected chi connectivity index (χ2v) is 6.92. The zero-order valence-electron chi connectivity index (χ0n) is 16.4. The molecule has 7 heteroatoms. The van der Waals surface area contributed by atoms with Gasteiger partial charge >= 0.3 is 0 Å². The molecule has 2 aromatic carbocycles. The predicted octanol–water partition coefficient (Wildman–Crippen LogP) is 2.87. The highest BCUT2D eigenvalue weighted by molar-refractivity contribution is 6.11. The van der Waals surface area contributed by atoms with Gasteiger partial charge in [-0.3, -0.25) is 14.4 Å². The Morgan fingerprint density at radius 1 is 1.03 bits per heavy atom. The summed E-state index contributed by atoms with van der Waals surface area (Å²) >= 11 is 0. The lowest BCUT2D eigenvalue weighted by atomic mass is 10.1. The van der Waals surface area contributed by atoms with Crippen molar-refractivity contribution in [1.82, 2.24) is 9.78 Å². The van der Waals surface area contributed by atoms with Gasteiger partial charge in [0.2, 0.25) is 5.91 Å². The van der Waals surface area contributed by atoms with E-state index < -0.39 is 11.8 Å². The van der Waals surface area contributed by atoms with Gasteiger partial charge in [0.15, 0.2) is 5.69 Å². The molecule has 0 spiro atoms. The summed E-state index contributed by atoms with van der Waals surface area (Å²) in [4.78, 5) is 36.6. The van der Waals surface area contributed by atoms with Crippen LogP contribution in [-0.2, 0) is 17.8 Å². The molecule has 0 fully saturated rings. The molecule has 0 bridgehead atoms. The maximum Gasteiger partial charge on any atom is 0.276 e. The summed E-state index contributed by atoms with van der Waals surface area (Å²) in [6, 6.07) is 13.9. The van der Waals surface area contributed by atoms with Gasteiger partial charge in [-0.15, -0.1) is 0 Å². The molecule has 7 nitrogen and oxygen atoms in total. The van der Waals surface area contributed by atoms with E-state index in [2.05, 4.69) is 17.3 Å². The van der Waals surface area contributed by atoms with E-state index >= 15 is 0 Å². The first kappa shape index (κ1) is 20.3. The summed E-state index contributed by atoms with van der Waals surface area (Å²) in [5.74, 6) is -0.809. The van der Waals surface area contributed by atoms with Crippen molar-refractivity contribution in [1.29, 1.82) is 0 Å². The van der Waals surface area contributed by atoms with E-state index in [9.17, 15) is 14.4 Å². The third kappa shape index (κ3) is 4.87. The highest BCUT2D eigenvalue weighted by Crippen LogP contribution is 2.16. The van der Waals surface area contributed by atoms with E-state index in [4.69, 9.17) is 5.73 Å². The Morgan fingerprint density at radius 3 is 2.38 bits per heavy atom. The highest BCUT2D eigenvalue weighted by Gasteiger charge is 2.17. The van der Waals surface area contributed by atoms with Crippen molar-refractivity contribution in [3.8, 4) is 0 Å². The monoisotopic (exact) mass is 392 g/mol. The summed E-state index contributed by atoms with van der Waals surface area (Å²) in [6.07, 6.45) is 2.98. The maximum absolute atomic E-state index is 12.9. The smallest absolute Gasteiger partial charge is 0.276 e. The second-order valence-electron chi connectivity index (χ2n) is 6.92. The van der Waals surface area contributed by atoms with Crippen molar-refractivity contribution < 1.29 is 9.59 Å². The minimum atomic E-state index is -0.414. The lowest BCUT2D eigenvalue weighted by Crippen LogP contribution is -2.27. The number of aryl methyl sites for hydroxylation is 1. The van der Waals surface area contributed by atoms with Gasteiger partial charge in [0.1, 0.15) is 0 Å². The fraction of sp³-hybridized carbons (Fsp3) is 0.273. The van der Waals surface area contributed by atoms with Crippen molar-refractivity contribution in [3.05, 3.63) is 70.1 Å². The number of anilines is 1. The molecule has 3 aromatic rings. The van der Waals surface area contributed by atoms with E-state index in [1.807, 2.05) is 0 Å². The molecule has 0 radical (unpaired) electrons. The number of hydrogen-bond donors (Lipinski definition) is 2. The summed E-state index contributed by atoms with van der Waals surface area (Å²) in [5.41, 5.74) is 6.55. The number of fused-ring (bicyclic) bond motifs is 1. The summed E-state index contributed by atoms with van der Waals surface area (Å²) in [6.45, 7) is 2.56. The molecular weight excluding hydrogens is 368 g/mol. The predicted molar refractivity (Wildman–Crippen MR) is 113 cm³/mol. The van der Waals surface area contributed by atoms with Crippen LogP contribution in [0.25, 0.3) is 10.8 Å². The van der Waals surface area contributed by atoms with E-state index in [-0.39, 0.29) is 17.7 Å². The topological polar surface area (TPSA) is 107 Å². The first-order valence-electron chi connectivity index (χ1n) is 9.68. The minimum absolute atomic E-state index is 0.142. The molecule has 0 atom stereocenters. The SMILES string of the molecule is CCCCCn1nc(C(=O)Nc2ccc(CC(N)=O)cc2)c2ccccc2c1=O. The van der Waals surface area contributed by atoms with Crippen LogP contribution in [0.2, 0.25) is 0 Å². The number of primary amides is 1. The number of nitrogens with zero attached hydrogens (tertiary/aromatic N) is 2. The van der Waals surface area contributed by atoms with Crippen LogP contribution in [0.5, 0.6) is 0 Å². The standard InChI is InChI=1S/C22H24N4O3/c1-2-3-6-13-26-22(29)18-8-5-4-7-17(18)20(25-26)21(28)24-16-11-9-15(10-12-16)14-19(23)27/h4-5,7-12H,2-3,6,13-14H2,1H3,(H2,23,27)(H,24,28). The van der Waals surface area contributed by atoms with Crippen molar-refractivity contribution in [2.75, 3.05) is 5.32 Å². The quantitative estimate of drug-likeness (QED) is 0.575. The molecule has 3 rings (SSSR count). The molecule has 0 saturated carbocycles. The molecule has 29 heavy (non-hydrogen) atoms. The van der Waals surface area contributed by atoms with Gasteiger partial charge in [0, 0.05) is 17.6 Å². The number of carbonyl (C=O) groups is 2. The van der Waals surface area contributed by atoms with Gasteiger partial charge in [-0.2, -0.15) is 5.10 Å². The van der Waals surface area contributed by atoms with Crippen LogP contribution in [0.1, 0.15) is 42.2 Å². The first-order valence-corrected chi connectivity index (χ1v) is 9.68. The third-order valence-electron chi connectivity index (χ3n) is 4.65. The number of hydrogen-bond acceptors (Lipinski definition) is 4. The Labute approximate surface area is 168 Å². The van der Waals surface area contributed by atoms with Crippen LogP contribution >= 0.6 is 0 Å². The number of rotatable bonds is 8. The van der Waals surface area contributed by atoms with Crippen molar-refractivity contribution >= 4 is 28.3 Å². The van der Waals surface area contributed by atoms with Gasteiger partial charge in [-0.1, -0.05) is 50.1 Å². The minimum Gasteiger partial charge on any atom is -0.369 e. The normalized spacial score (nSPS) is 10.8. The average Bonchev–Trinajstić information content (AvgIpc) is 2.71. The van der Waals surface area contributed by atoms with Crippen molar-refractivity contribution in [2.45, 2.75) is 39.2 Å². The van der Waals surface area contributed by atoms with Gasteiger partial charge in [-0.05, 0) is 30.2 Å². The first-order chi connectivity index (χ1) is 14.0. The lowest BCUT2D eigenvalue weighted by Gasteiger charge is -2.11. The summed E-state index contributed by atoms with van der Waals surface area (Å²) in [5, 5.41) is 8.16. The highest BCUT2D eigenvalue weighted by atomic mass is 16.2. The van der Waals surface area contributed by atoms with E-state index in [0.717, 1.165) is 24.8 Å². The Kier molecular flexibility index (Phi) is 6.39. The van der Waals surface area contributed by atoms with E-state index in [1.165, 1.54) is 4.68 Å². The van der Waals surface area contributed by atoms with Crippen LogP contribution in [0.4, 0.5) is 5.69 Å². The Balaban J connectivity index is 1.91. The molecule has 3 N–H and O–H groups in total. The third-order valence-corrected chi connectivity index (χ3v) is 4.65. The molecule has 0 aliphatic heterocycles. The second kappa shape index (κ2) is 9.14. The maximum atomic E-state index is 12.9. The number of nitrogens with two attached hydrogens (primary N) is 1. The number of nitrogens with one attached hydrogen (secondary N) is 1. The molecule has 0 aliphatic carbocycles. The van der Waals surface area contributed by atoms with Gasteiger partial charge < -0.3 is 11.1 Å². The Bertz CT molecular complexity index is 1090. The van der Waals surface area contributed by atoms with E-state index in [1.54, 1.807) is 48.5 Å². The Hall–Kier alpha value is -3.48. The average molecular weight is 392 g/mol. The van der Waals surface area contributed by atoms with Crippen LogP contribution in [0, 0.1) is 0 Å². The van der Waals surface area contributed by atoms with Crippen LogP contribution < -0.4 is 16.6 Å². The molecule has 0 saturated heterocycles. The molecule has 1 aromatic heterocycles. The summed E-state index contributed by atoms with van der Waals surface area (Å²) in [7, 11) is 0. The van der Waals surface area contributed by atoms with Crippen molar-refractivity contribution in [3.63, 3.8) is 0 Å². The molecule has 2 amide bonds. The van der Waals surface area contributed by atoms with Crippen LogP contribution in [0.3, 0.4) is 0 Å². The van der Waals surface area contributed by atoms with Crippen molar-refractivity contribution in [2.24, 2.45) is 5.73 Å². The molecule has 150 valence electrons. The van der Waals surface area contributed by atoms with Gasteiger partial charge in [0.05, 0.1) is 11.8 Å². The Morgan fingerprint density at radius 2 is 1.72 bits per heavy atom. The zero-order valence-corrected chi connectivity index (χ0v) is 16.4. The number of benzene rings is 2. The number of aromatic nitrogens is 2. The fourth-order valence-electron chi connectivity index (χ4n) is 3.16. The van der Waals surface area contributed by atoms with Crippen LogP contribution in [-0.4, -0.2) is 21.6 Å². The molecule has 0 unspecified atom stereocenters. The van der Waals surface area contributed by atoms with Gasteiger partial charge in [0.25, 0.3) is 11.5 Å².